The molecule has 0 aliphatic heterocycles. The van der Waals surface area contributed by atoms with E-state index >= 15 is 0 Å². The number of hydrogen-bond acceptors (Lipinski definition) is 3. The number of halogens is 1. The highest BCUT2D eigenvalue weighted by Gasteiger charge is 2.17. The Morgan fingerprint density at radius 2 is 2.11 bits per heavy atom. The third kappa shape index (κ3) is 3.74. The van der Waals surface area contributed by atoms with Crippen LogP contribution < -0.4 is 5.32 Å². The molecule has 1 amide bonds. The molecule has 0 aliphatic rings. The molecule has 1 unspecified atom stereocenters. The maximum Gasteiger partial charge on any atom is 0.313 e. The molecule has 0 heterocycles. The van der Waals surface area contributed by atoms with E-state index in [0.717, 1.165) is 5.56 Å². The van der Waals surface area contributed by atoms with Crippen molar-refractivity contribution in [2.75, 3.05) is 11.9 Å². The van der Waals surface area contributed by atoms with Crippen LogP contribution in [0.1, 0.15) is 32.3 Å². The molecule has 0 bridgehead atoms. The fraction of sp³-hybridized carbons (Fsp3) is 0.385. The molecule has 1 rings (SSSR count). The molecule has 1 aromatic rings. The summed E-state index contributed by atoms with van der Waals surface area (Å²) in [5, 5.41) is 3.01. The Bertz CT molecular complexity index is 460. The lowest BCUT2D eigenvalue weighted by atomic mass is 10.0. The minimum atomic E-state index is -0.381. The van der Waals surface area contributed by atoms with Crippen molar-refractivity contribution >= 4 is 29.2 Å². The zero-order chi connectivity index (χ0) is 13.7. The smallest absolute Gasteiger partial charge is 0.313 e. The first-order valence-electron chi connectivity index (χ1n) is 5.69. The topological polar surface area (TPSA) is 55.4 Å². The molecule has 0 fully saturated rings. The number of carbonyl (C=O) groups is 2. The van der Waals surface area contributed by atoms with Crippen molar-refractivity contribution in [2.24, 2.45) is 0 Å². The van der Waals surface area contributed by atoms with Crippen LogP contribution >= 0.6 is 11.6 Å². The fourth-order valence-electron chi connectivity index (χ4n) is 1.50. The largest absolute Gasteiger partial charge is 0.466 e. The van der Waals surface area contributed by atoms with Crippen molar-refractivity contribution in [3.63, 3.8) is 0 Å². The molecule has 0 saturated carbocycles. The highest BCUT2D eigenvalue weighted by Crippen LogP contribution is 2.27. The van der Waals surface area contributed by atoms with Crippen molar-refractivity contribution in [3.8, 4) is 0 Å². The highest BCUT2D eigenvalue weighted by molar-refractivity contribution is 6.33. The molecule has 0 aliphatic carbocycles. The number of anilines is 1. The Balaban J connectivity index is 2.89. The molecule has 5 heteroatoms. The second kappa shape index (κ2) is 6.40. The fourth-order valence-corrected chi connectivity index (χ4v) is 1.73. The second-order valence-electron chi connectivity index (χ2n) is 3.89. The maximum absolute atomic E-state index is 11.6. The molecular formula is C13H16ClNO3. The molecule has 0 saturated heterocycles. The minimum Gasteiger partial charge on any atom is -0.466 e. The normalized spacial score (nSPS) is 11.8. The summed E-state index contributed by atoms with van der Waals surface area (Å²) in [6, 6.07) is 5.09. The van der Waals surface area contributed by atoms with Gasteiger partial charge in [-0.3, -0.25) is 9.59 Å². The monoisotopic (exact) mass is 269 g/mol. The zero-order valence-electron chi connectivity index (χ0n) is 10.6. The highest BCUT2D eigenvalue weighted by atomic mass is 35.5. The first-order valence-corrected chi connectivity index (χ1v) is 6.07. The average molecular weight is 270 g/mol. The number of rotatable bonds is 4. The summed E-state index contributed by atoms with van der Waals surface area (Å²) < 4.78 is 4.94. The maximum atomic E-state index is 11.6. The molecule has 1 aromatic carbocycles. The number of hydrogen-bond donors (Lipinski definition) is 1. The van der Waals surface area contributed by atoms with Crippen LogP contribution in [0.25, 0.3) is 0 Å². The van der Waals surface area contributed by atoms with E-state index in [1.165, 1.54) is 6.92 Å². The first-order chi connectivity index (χ1) is 8.45. The van der Waals surface area contributed by atoms with Gasteiger partial charge < -0.3 is 10.1 Å². The minimum absolute atomic E-state index is 0.192. The van der Waals surface area contributed by atoms with Gasteiger partial charge in [-0.15, -0.1) is 0 Å². The van der Waals surface area contributed by atoms with E-state index < -0.39 is 0 Å². The third-order valence-corrected chi connectivity index (χ3v) is 2.76. The third-order valence-electron chi connectivity index (χ3n) is 2.44. The molecule has 0 radical (unpaired) electrons. The quantitative estimate of drug-likeness (QED) is 0.855. The number of benzene rings is 1. The summed E-state index contributed by atoms with van der Waals surface area (Å²) in [6.45, 7) is 5.27. The van der Waals surface area contributed by atoms with Gasteiger partial charge in [-0.2, -0.15) is 0 Å². The Morgan fingerprint density at radius 1 is 1.44 bits per heavy atom. The van der Waals surface area contributed by atoms with Gasteiger partial charge in [0.05, 0.1) is 23.2 Å². The Morgan fingerprint density at radius 3 is 2.61 bits per heavy atom. The van der Waals surface area contributed by atoms with E-state index in [1.54, 1.807) is 32.0 Å². The number of ether oxygens (including phenoxy) is 1. The van der Waals surface area contributed by atoms with Gasteiger partial charge in [0.1, 0.15) is 0 Å². The van der Waals surface area contributed by atoms with Crippen LogP contribution in [0.5, 0.6) is 0 Å². The molecule has 18 heavy (non-hydrogen) atoms. The molecule has 98 valence electrons. The van der Waals surface area contributed by atoms with E-state index in [0.29, 0.717) is 17.3 Å². The van der Waals surface area contributed by atoms with Crippen molar-refractivity contribution < 1.29 is 14.3 Å². The van der Waals surface area contributed by atoms with E-state index in [9.17, 15) is 9.59 Å². The van der Waals surface area contributed by atoms with Gasteiger partial charge in [0.15, 0.2) is 0 Å². The van der Waals surface area contributed by atoms with Gasteiger partial charge in [0, 0.05) is 6.92 Å². The summed E-state index contributed by atoms with van der Waals surface area (Å²) >= 11 is 6.03. The Hall–Kier alpha value is -1.55. The first kappa shape index (κ1) is 14.5. The summed E-state index contributed by atoms with van der Waals surface area (Å²) in [7, 11) is 0. The molecule has 4 nitrogen and oxygen atoms in total. The van der Waals surface area contributed by atoms with Gasteiger partial charge >= 0.3 is 5.97 Å². The van der Waals surface area contributed by atoms with Crippen LogP contribution in [-0.4, -0.2) is 18.5 Å². The SMILES string of the molecule is CCOC(=O)C(C)c1ccc(NC(C)=O)c(Cl)c1. The van der Waals surface area contributed by atoms with Gasteiger partial charge in [0.2, 0.25) is 5.91 Å². The van der Waals surface area contributed by atoms with Crippen LogP contribution in [0.15, 0.2) is 18.2 Å². The summed E-state index contributed by atoms with van der Waals surface area (Å²) in [5.41, 5.74) is 1.29. The molecular weight excluding hydrogens is 254 g/mol. The Labute approximate surface area is 111 Å². The van der Waals surface area contributed by atoms with E-state index in [2.05, 4.69) is 5.32 Å². The number of nitrogens with one attached hydrogen (secondary N) is 1. The van der Waals surface area contributed by atoms with Crippen LogP contribution in [-0.2, 0) is 14.3 Å². The lowest BCUT2D eigenvalue weighted by Crippen LogP contribution is -2.13. The molecule has 0 aromatic heterocycles. The standard InChI is InChI=1S/C13H16ClNO3/c1-4-18-13(17)8(2)10-5-6-12(11(14)7-10)15-9(3)16/h5-8H,4H2,1-3H3,(H,15,16). The van der Waals surface area contributed by atoms with Crippen LogP contribution in [0.2, 0.25) is 5.02 Å². The van der Waals surface area contributed by atoms with Crippen molar-refractivity contribution in [1.29, 1.82) is 0 Å². The lowest BCUT2D eigenvalue weighted by Gasteiger charge is -2.12. The van der Waals surface area contributed by atoms with Gasteiger partial charge in [-0.25, -0.2) is 0 Å². The molecule has 1 atom stereocenters. The van der Waals surface area contributed by atoms with Gasteiger partial charge in [-0.1, -0.05) is 17.7 Å². The van der Waals surface area contributed by atoms with Crippen LogP contribution in [0.4, 0.5) is 5.69 Å². The Kier molecular flexibility index (Phi) is 5.16. The van der Waals surface area contributed by atoms with E-state index in [4.69, 9.17) is 16.3 Å². The lowest BCUT2D eigenvalue weighted by molar-refractivity contribution is -0.144. The summed E-state index contributed by atoms with van der Waals surface area (Å²) in [4.78, 5) is 22.5. The predicted molar refractivity (Wildman–Crippen MR) is 70.8 cm³/mol. The van der Waals surface area contributed by atoms with Crippen molar-refractivity contribution in [1.82, 2.24) is 0 Å². The number of esters is 1. The second-order valence-corrected chi connectivity index (χ2v) is 4.30. The molecule has 1 N–H and O–H groups in total. The predicted octanol–water partition coefficient (Wildman–Crippen LogP) is 2.97. The summed E-state index contributed by atoms with van der Waals surface area (Å²) in [5.74, 6) is -0.863. The van der Waals surface area contributed by atoms with E-state index in [-0.39, 0.29) is 17.8 Å². The van der Waals surface area contributed by atoms with Gasteiger partial charge in [0.25, 0.3) is 0 Å². The van der Waals surface area contributed by atoms with Gasteiger partial charge in [-0.05, 0) is 31.5 Å². The zero-order valence-corrected chi connectivity index (χ0v) is 11.4. The number of carbonyl (C=O) groups excluding carboxylic acids is 2. The number of amides is 1. The van der Waals surface area contributed by atoms with Crippen molar-refractivity contribution in [2.45, 2.75) is 26.7 Å². The molecule has 0 spiro atoms. The van der Waals surface area contributed by atoms with Crippen LogP contribution in [0, 0.1) is 0 Å². The van der Waals surface area contributed by atoms with Crippen LogP contribution in [0.3, 0.4) is 0 Å². The van der Waals surface area contributed by atoms with Crippen molar-refractivity contribution in [3.05, 3.63) is 28.8 Å². The van der Waals surface area contributed by atoms with E-state index in [1.807, 2.05) is 0 Å². The average Bonchev–Trinajstić information content (AvgIpc) is 2.30. The summed E-state index contributed by atoms with van der Waals surface area (Å²) in [6.07, 6.45) is 0.